The van der Waals surface area contributed by atoms with Crippen molar-refractivity contribution in [3.05, 3.63) is 48.0 Å². The van der Waals surface area contributed by atoms with Gasteiger partial charge in [0.2, 0.25) is 0 Å². The Balaban J connectivity index is 2.81. The molecule has 0 heterocycles. The van der Waals surface area contributed by atoms with E-state index in [-0.39, 0.29) is 0 Å². The highest BCUT2D eigenvalue weighted by molar-refractivity contribution is 5.27. The molecule has 0 saturated carbocycles. The Bertz CT molecular complexity index is 306. The van der Waals surface area contributed by atoms with E-state index >= 15 is 0 Å². The van der Waals surface area contributed by atoms with Gasteiger partial charge in [-0.15, -0.1) is 6.58 Å². The third-order valence-corrected chi connectivity index (χ3v) is 3.08. The topological polar surface area (TPSA) is 0 Å². The fourth-order valence-corrected chi connectivity index (χ4v) is 2.32. The standard InChI is InChI=1S/C16H24/c1-4-8-14-11-7-12-16(13-14)15(9-5-2)10-6-3/h4,7,11-13,15H,1,5-6,8-10H2,2-3H3. The van der Waals surface area contributed by atoms with Gasteiger partial charge in [0.15, 0.2) is 0 Å². The Hall–Kier alpha value is -1.04. The maximum Gasteiger partial charge on any atom is -0.0100 e. The van der Waals surface area contributed by atoms with Crippen LogP contribution in [0.3, 0.4) is 0 Å². The molecule has 0 saturated heterocycles. The Labute approximate surface area is 100 Å². The van der Waals surface area contributed by atoms with E-state index < -0.39 is 0 Å². The Kier molecular flexibility index (Phi) is 5.92. The molecule has 0 atom stereocenters. The first-order valence-corrected chi connectivity index (χ1v) is 6.51. The van der Waals surface area contributed by atoms with Crippen LogP contribution in [-0.4, -0.2) is 0 Å². The summed E-state index contributed by atoms with van der Waals surface area (Å²) in [6.45, 7) is 8.35. The highest BCUT2D eigenvalue weighted by atomic mass is 14.1. The molecule has 0 N–H and O–H groups in total. The van der Waals surface area contributed by atoms with Gasteiger partial charge < -0.3 is 0 Å². The minimum atomic E-state index is 0.750. The van der Waals surface area contributed by atoms with E-state index in [2.05, 4.69) is 44.7 Å². The largest absolute Gasteiger partial charge is 0.103 e. The summed E-state index contributed by atoms with van der Waals surface area (Å²) in [5.74, 6) is 0.750. The van der Waals surface area contributed by atoms with E-state index in [0.29, 0.717) is 0 Å². The molecule has 0 spiro atoms. The molecule has 1 rings (SSSR count). The zero-order valence-corrected chi connectivity index (χ0v) is 10.7. The fraction of sp³-hybridized carbons (Fsp3) is 0.500. The van der Waals surface area contributed by atoms with Gasteiger partial charge in [0.1, 0.15) is 0 Å². The van der Waals surface area contributed by atoms with Gasteiger partial charge in [-0.25, -0.2) is 0 Å². The van der Waals surface area contributed by atoms with Gasteiger partial charge in [0.05, 0.1) is 0 Å². The third-order valence-electron chi connectivity index (χ3n) is 3.08. The summed E-state index contributed by atoms with van der Waals surface area (Å²) in [5, 5.41) is 0. The van der Waals surface area contributed by atoms with E-state index in [4.69, 9.17) is 0 Å². The molecule has 0 aromatic heterocycles. The van der Waals surface area contributed by atoms with E-state index in [1.165, 1.54) is 36.8 Å². The van der Waals surface area contributed by atoms with Crippen LogP contribution >= 0.6 is 0 Å². The molecule has 0 fully saturated rings. The second-order valence-corrected chi connectivity index (χ2v) is 4.51. The lowest BCUT2D eigenvalue weighted by Crippen LogP contribution is -1.99. The molecule has 0 unspecified atom stereocenters. The lowest BCUT2D eigenvalue weighted by Gasteiger charge is -2.16. The van der Waals surface area contributed by atoms with Crippen LogP contribution < -0.4 is 0 Å². The Morgan fingerprint density at radius 1 is 1.19 bits per heavy atom. The van der Waals surface area contributed by atoms with Crippen LogP contribution in [0.25, 0.3) is 0 Å². The van der Waals surface area contributed by atoms with Crippen LogP contribution in [0, 0.1) is 0 Å². The molecule has 0 amide bonds. The number of hydrogen-bond donors (Lipinski definition) is 0. The maximum atomic E-state index is 3.80. The first-order valence-electron chi connectivity index (χ1n) is 6.51. The summed E-state index contributed by atoms with van der Waals surface area (Å²) in [5.41, 5.74) is 2.91. The van der Waals surface area contributed by atoms with Gasteiger partial charge in [-0.05, 0) is 36.3 Å². The van der Waals surface area contributed by atoms with E-state index in [1.807, 2.05) is 6.08 Å². The molecular formula is C16H24. The van der Waals surface area contributed by atoms with Crippen molar-refractivity contribution in [3.63, 3.8) is 0 Å². The molecule has 88 valence electrons. The summed E-state index contributed by atoms with van der Waals surface area (Å²) >= 11 is 0. The molecule has 0 heteroatoms. The van der Waals surface area contributed by atoms with Crippen molar-refractivity contribution >= 4 is 0 Å². The molecule has 0 aliphatic carbocycles. The molecular weight excluding hydrogens is 192 g/mol. The molecule has 0 nitrogen and oxygen atoms in total. The Morgan fingerprint density at radius 3 is 2.44 bits per heavy atom. The van der Waals surface area contributed by atoms with Crippen molar-refractivity contribution in [2.45, 2.75) is 51.9 Å². The number of benzene rings is 1. The quantitative estimate of drug-likeness (QED) is 0.556. The maximum absolute atomic E-state index is 3.80. The van der Waals surface area contributed by atoms with Gasteiger partial charge in [-0.2, -0.15) is 0 Å². The summed E-state index contributed by atoms with van der Waals surface area (Å²) in [6.07, 6.45) is 8.13. The van der Waals surface area contributed by atoms with Crippen molar-refractivity contribution in [3.8, 4) is 0 Å². The van der Waals surface area contributed by atoms with Gasteiger partial charge in [0.25, 0.3) is 0 Å². The second-order valence-electron chi connectivity index (χ2n) is 4.51. The predicted molar refractivity (Wildman–Crippen MR) is 72.9 cm³/mol. The highest BCUT2D eigenvalue weighted by Crippen LogP contribution is 2.26. The van der Waals surface area contributed by atoms with Crippen molar-refractivity contribution in [2.24, 2.45) is 0 Å². The number of rotatable bonds is 7. The minimum Gasteiger partial charge on any atom is -0.103 e. The van der Waals surface area contributed by atoms with Crippen LogP contribution in [0.1, 0.15) is 56.6 Å². The van der Waals surface area contributed by atoms with Crippen molar-refractivity contribution in [1.82, 2.24) is 0 Å². The predicted octanol–water partition coefficient (Wildman–Crippen LogP) is 5.10. The average molecular weight is 216 g/mol. The lowest BCUT2D eigenvalue weighted by molar-refractivity contribution is 0.560. The minimum absolute atomic E-state index is 0.750. The molecule has 16 heavy (non-hydrogen) atoms. The molecule has 0 bridgehead atoms. The molecule has 0 aliphatic rings. The van der Waals surface area contributed by atoms with Crippen LogP contribution in [0.4, 0.5) is 0 Å². The smallest absolute Gasteiger partial charge is 0.0100 e. The summed E-state index contributed by atoms with van der Waals surface area (Å²) in [7, 11) is 0. The van der Waals surface area contributed by atoms with Crippen LogP contribution in [0.2, 0.25) is 0 Å². The third kappa shape index (κ3) is 3.84. The number of allylic oxidation sites excluding steroid dienone is 1. The molecule has 1 aromatic rings. The van der Waals surface area contributed by atoms with Gasteiger partial charge in [-0.1, -0.05) is 57.0 Å². The van der Waals surface area contributed by atoms with Crippen LogP contribution in [0.15, 0.2) is 36.9 Å². The summed E-state index contributed by atoms with van der Waals surface area (Å²) in [6, 6.07) is 9.02. The van der Waals surface area contributed by atoms with Gasteiger partial charge >= 0.3 is 0 Å². The number of hydrogen-bond acceptors (Lipinski definition) is 0. The van der Waals surface area contributed by atoms with E-state index in [1.54, 1.807) is 0 Å². The molecule has 1 aromatic carbocycles. The van der Waals surface area contributed by atoms with Crippen molar-refractivity contribution in [2.75, 3.05) is 0 Å². The van der Waals surface area contributed by atoms with Crippen molar-refractivity contribution in [1.29, 1.82) is 0 Å². The summed E-state index contributed by atoms with van der Waals surface area (Å²) in [4.78, 5) is 0. The normalized spacial score (nSPS) is 10.7. The van der Waals surface area contributed by atoms with E-state index in [0.717, 1.165) is 12.3 Å². The fourth-order valence-electron chi connectivity index (χ4n) is 2.32. The highest BCUT2D eigenvalue weighted by Gasteiger charge is 2.09. The first-order chi connectivity index (χ1) is 7.81. The van der Waals surface area contributed by atoms with Crippen LogP contribution in [0.5, 0.6) is 0 Å². The van der Waals surface area contributed by atoms with Gasteiger partial charge in [-0.3, -0.25) is 0 Å². The average Bonchev–Trinajstić information content (AvgIpc) is 2.30. The Morgan fingerprint density at radius 2 is 1.88 bits per heavy atom. The molecule has 0 radical (unpaired) electrons. The van der Waals surface area contributed by atoms with Gasteiger partial charge in [0, 0.05) is 0 Å². The molecule has 0 aliphatic heterocycles. The van der Waals surface area contributed by atoms with E-state index in [9.17, 15) is 0 Å². The monoisotopic (exact) mass is 216 g/mol. The summed E-state index contributed by atoms with van der Waals surface area (Å²) < 4.78 is 0. The lowest BCUT2D eigenvalue weighted by atomic mass is 9.89. The van der Waals surface area contributed by atoms with Crippen molar-refractivity contribution < 1.29 is 0 Å². The zero-order valence-electron chi connectivity index (χ0n) is 10.7. The SMILES string of the molecule is C=CCc1cccc(C(CCC)CCC)c1. The first kappa shape index (κ1) is 13.0. The van der Waals surface area contributed by atoms with Crippen LogP contribution in [-0.2, 0) is 6.42 Å². The second kappa shape index (κ2) is 7.27. The zero-order chi connectivity index (χ0) is 11.8.